The van der Waals surface area contributed by atoms with Crippen molar-refractivity contribution >= 4 is 51.4 Å². The number of hydrogen-bond donors (Lipinski definition) is 2. The fourth-order valence-electron chi connectivity index (χ4n) is 2.90. The van der Waals surface area contributed by atoms with Gasteiger partial charge in [-0.15, -0.1) is 0 Å². The van der Waals surface area contributed by atoms with E-state index in [1.165, 1.54) is 0 Å². The van der Waals surface area contributed by atoms with Crippen LogP contribution in [0.4, 0.5) is 11.4 Å². The average molecular weight is 398 g/mol. The molecule has 0 aliphatic heterocycles. The molecule has 4 aromatic rings. The summed E-state index contributed by atoms with van der Waals surface area (Å²) in [4.78, 5) is 21.2. The van der Waals surface area contributed by atoms with E-state index in [1.807, 2.05) is 12.1 Å². The van der Waals surface area contributed by atoms with Crippen molar-refractivity contribution in [1.82, 2.24) is 14.5 Å². The van der Waals surface area contributed by atoms with E-state index in [0.717, 1.165) is 11.1 Å². The van der Waals surface area contributed by atoms with Crippen molar-refractivity contribution < 1.29 is 4.79 Å². The molecule has 27 heavy (non-hydrogen) atoms. The molecule has 1 amide bonds. The first-order valence-electron chi connectivity index (χ1n) is 7.97. The minimum Gasteiger partial charge on any atom is -0.396 e. The topological polar surface area (TPSA) is 85.8 Å². The number of carbonyl (C=O) groups is 1. The molecular weight excluding hydrogens is 385 g/mol. The van der Waals surface area contributed by atoms with Crippen LogP contribution in [0.3, 0.4) is 0 Å². The summed E-state index contributed by atoms with van der Waals surface area (Å²) < 4.78 is 1.80. The van der Waals surface area contributed by atoms with Gasteiger partial charge in [0.1, 0.15) is 0 Å². The van der Waals surface area contributed by atoms with Crippen LogP contribution in [0.15, 0.2) is 61.3 Å². The highest BCUT2D eigenvalue weighted by Crippen LogP contribution is 2.31. The Kier molecular flexibility index (Phi) is 4.43. The maximum Gasteiger partial charge on any atom is 0.258 e. The number of rotatable bonds is 3. The molecule has 6 nitrogen and oxygen atoms in total. The number of nitrogens with one attached hydrogen (secondary N) is 1. The second kappa shape index (κ2) is 6.90. The van der Waals surface area contributed by atoms with Crippen LogP contribution in [0, 0.1) is 0 Å². The Morgan fingerprint density at radius 1 is 1.11 bits per heavy atom. The molecule has 134 valence electrons. The molecule has 4 rings (SSSR count). The Hall–Kier alpha value is -3.09. The molecule has 0 aliphatic carbocycles. The molecule has 0 unspecified atom stereocenters. The van der Waals surface area contributed by atoms with Gasteiger partial charge < -0.3 is 15.6 Å². The molecule has 2 aromatic carbocycles. The average Bonchev–Trinajstić information content (AvgIpc) is 3.15. The third-order valence-corrected chi connectivity index (χ3v) is 4.73. The Morgan fingerprint density at radius 2 is 1.85 bits per heavy atom. The summed E-state index contributed by atoms with van der Waals surface area (Å²) >= 11 is 12.3. The number of nitrogens with two attached hydrogens (primary N) is 1. The number of aromatic nitrogens is 3. The highest BCUT2D eigenvalue weighted by molar-refractivity contribution is 6.40. The first-order chi connectivity index (χ1) is 13.1. The van der Waals surface area contributed by atoms with Crippen LogP contribution in [0.5, 0.6) is 0 Å². The minimum absolute atomic E-state index is 0.211. The van der Waals surface area contributed by atoms with E-state index in [9.17, 15) is 4.79 Å². The third kappa shape index (κ3) is 3.09. The SMILES string of the molecule is Nc1cnc2c(NC(=O)c3c(Cl)cccc3Cl)cccc2c1-n1ccnc1. The number of para-hydroxylation sites is 1. The Bertz CT molecular complexity index is 1140. The van der Waals surface area contributed by atoms with E-state index in [1.54, 1.807) is 53.8 Å². The monoisotopic (exact) mass is 397 g/mol. The zero-order chi connectivity index (χ0) is 19.0. The second-order valence-corrected chi connectivity index (χ2v) is 6.60. The predicted octanol–water partition coefficient (Wildman–Crippen LogP) is 4.56. The van der Waals surface area contributed by atoms with Gasteiger partial charge in [-0.2, -0.15) is 0 Å². The van der Waals surface area contributed by atoms with Gasteiger partial charge in [0.2, 0.25) is 0 Å². The lowest BCUT2D eigenvalue weighted by Crippen LogP contribution is -2.14. The summed E-state index contributed by atoms with van der Waals surface area (Å²) in [5.74, 6) is -0.416. The number of benzene rings is 2. The fraction of sp³-hybridized carbons (Fsp3) is 0. The fourth-order valence-corrected chi connectivity index (χ4v) is 3.47. The van der Waals surface area contributed by atoms with Crippen LogP contribution >= 0.6 is 23.2 Å². The van der Waals surface area contributed by atoms with Gasteiger partial charge >= 0.3 is 0 Å². The lowest BCUT2D eigenvalue weighted by molar-refractivity contribution is 0.102. The first kappa shape index (κ1) is 17.3. The van der Waals surface area contributed by atoms with Crippen molar-refractivity contribution in [2.24, 2.45) is 0 Å². The number of imidazole rings is 1. The molecule has 0 radical (unpaired) electrons. The van der Waals surface area contributed by atoms with Gasteiger partial charge in [0.15, 0.2) is 0 Å². The molecular formula is C19H13Cl2N5O. The van der Waals surface area contributed by atoms with Gasteiger partial charge in [0.05, 0.1) is 50.7 Å². The van der Waals surface area contributed by atoms with Gasteiger partial charge in [-0.3, -0.25) is 9.78 Å². The molecule has 0 atom stereocenters. The minimum atomic E-state index is -0.416. The summed E-state index contributed by atoms with van der Waals surface area (Å²) in [5.41, 5.74) is 8.69. The van der Waals surface area contributed by atoms with E-state index in [2.05, 4.69) is 15.3 Å². The zero-order valence-corrected chi connectivity index (χ0v) is 15.4. The number of carbonyl (C=O) groups excluding carboxylic acids is 1. The molecule has 0 aliphatic rings. The van der Waals surface area contributed by atoms with Crippen LogP contribution in [-0.4, -0.2) is 20.4 Å². The summed E-state index contributed by atoms with van der Waals surface area (Å²) in [6.45, 7) is 0. The predicted molar refractivity (Wildman–Crippen MR) is 108 cm³/mol. The van der Waals surface area contributed by atoms with Gasteiger partial charge in [0.25, 0.3) is 5.91 Å². The van der Waals surface area contributed by atoms with Gasteiger partial charge in [-0.1, -0.05) is 41.4 Å². The Balaban J connectivity index is 1.82. The van der Waals surface area contributed by atoms with E-state index in [-0.39, 0.29) is 15.6 Å². The van der Waals surface area contributed by atoms with E-state index < -0.39 is 5.91 Å². The smallest absolute Gasteiger partial charge is 0.258 e. The van der Waals surface area contributed by atoms with Crippen molar-refractivity contribution in [3.05, 3.63) is 76.9 Å². The van der Waals surface area contributed by atoms with E-state index >= 15 is 0 Å². The second-order valence-electron chi connectivity index (χ2n) is 5.78. The summed E-state index contributed by atoms with van der Waals surface area (Å²) in [7, 11) is 0. The molecule has 0 fully saturated rings. The molecule has 0 spiro atoms. The quantitative estimate of drug-likeness (QED) is 0.530. The van der Waals surface area contributed by atoms with Crippen molar-refractivity contribution in [3.63, 3.8) is 0 Å². The number of pyridine rings is 1. The molecule has 8 heteroatoms. The normalized spacial score (nSPS) is 10.9. The highest BCUT2D eigenvalue weighted by Gasteiger charge is 2.17. The summed E-state index contributed by atoms with van der Waals surface area (Å²) in [6, 6.07) is 10.4. The Morgan fingerprint density at radius 3 is 2.56 bits per heavy atom. The van der Waals surface area contributed by atoms with Crippen LogP contribution < -0.4 is 11.1 Å². The van der Waals surface area contributed by atoms with Gasteiger partial charge in [-0.05, 0) is 18.2 Å². The zero-order valence-electron chi connectivity index (χ0n) is 13.9. The number of nitrogen functional groups attached to an aromatic ring is 1. The van der Waals surface area contributed by atoms with Gasteiger partial charge in [-0.25, -0.2) is 4.98 Å². The molecule has 2 aromatic heterocycles. The molecule has 0 saturated carbocycles. The Labute approximate surface area is 164 Å². The molecule has 0 saturated heterocycles. The van der Waals surface area contributed by atoms with Crippen LogP contribution in [0.1, 0.15) is 10.4 Å². The highest BCUT2D eigenvalue weighted by atomic mass is 35.5. The standard InChI is InChI=1S/C19H13Cl2N5O/c20-12-4-2-5-13(21)16(12)19(27)25-15-6-1-3-11-17(15)24-9-14(22)18(11)26-8-7-23-10-26/h1-10H,22H2,(H,25,27). The van der Waals surface area contributed by atoms with Gasteiger partial charge in [0, 0.05) is 17.8 Å². The summed E-state index contributed by atoms with van der Waals surface area (Å²) in [6.07, 6.45) is 6.66. The maximum atomic E-state index is 12.7. The van der Waals surface area contributed by atoms with Crippen molar-refractivity contribution in [1.29, 1.82) is 0 Å². The van der Waals surface area contributed by atoms with E-state index in [4.69, 9.17) is 28.9 Å². The van der Waals surface area contributed by atoms with E-state index in [0.29, 0.717) is 16.9 Å². The molecule has 3 N–H and O–H groups in total. The largest absolute Gasteiger partial charge is 0.396 e. The van der Waals surface area contributed by atoms with Crippen LogP contribution in [-0.2, 0) is 0 Å². The van der Waals surface area contributed by atoms with Crippen molar-refractivity contribution in [3.8, 4) is 5.69 Å². The number of fused-ring (bicyclic) bond motifs is 1. The lowest BCUT2D eigenvalue weighted by Gasteiger charge is -2.14. The number of halogens is 2. The lowest BCUT2D eigenvalue weighted by atomic mass is 10.1. The first-order valence-corrected chi connectivity index (χ1v) is 8.72. The summed E-state index contributed by atoms with van der Waals surface area (Å²) in [5, 5.41) is 4.16. The van der Waals surface area contributed by atoms with Crippen LogP contribution in [0.2, 0.25) is 10.0 Å². The number of nitrogens with zero attached hydrogens (tertiary/aromatic N) is 3. The molecule has 0 bridgehead atoms. The van der Waals surface area contributed by atoms with Crippen molar-refractivity contribution in [2.75, 3.05) is 11.1 Å². The van der Waals surface area contributed by atoms with Crippen molar-refractivity contribution in [2.45, 2.75) is 0 Å². The van der Waals surface area contributed by atoms with Crippen LogP contribution in [0.25, 0.3) is 16.6 Å². The molecule has 2 heterocycles. The third-order valence-electron chi connectivity index (χ3n) is 4.10. The number of anilines is 2. The maximum absolute atomic E-state index is 12.7. The number of amides is 1. The number of hydrogen-bond acceptors (Lipinski definition) is 4.